The number of carbonyl (C=O) groups is 1. The minimum Gasteiger partial charge on any atom is -0.497 e. The van der Waals surface area contributed by atoms with E-state index in [2.05, 4.69) is 20.0 Å². The molecule has 1 heterocycles. The Morgan fingerprint density at radius 2 is 1.91 bits per heavy atom. The molecule has 1 N–H and O–H groups in total. The first kappa shape index (κ1) is 23.9. The molecule has 7 nitrogen and oxygen atoms in total. The van der Waals surface area contributed by atoms with Crippen molar-refractivity contribution >= 4 is 12.5 Å². The van der Waals surface area contributed by atoms with Crippen molar-refractivity contribution in [2.45, 2.75) is 19.1 Å². The molecule has 0 bridgehead atoms. The number of nitrogens with one attached hydrogen (secondary N) is 1. The van der Waals surface area contributed by atoms with Crippen LogP contribution in [0.15, 0.2) is 65.7 Å². The van der Waals surface area contributed by atoms with Crippen LogP contribution in [0.25, 0.3) is 11.1 Å². The fourth-order valence-electron chi connectivity index (χ4n) is 3.93. The summed E-state index contributed by atoms with van der Waals surface area (Å²) in [5, 5.41) is 0. The molecule has 3 aromatic carbocycles. The molecule has 0 saturated heterocycles. The standard InChI is InChI=1S/C25H21F3N2O5/c1-15-10-18(6-9-22(15)35-23(27)28)25(13-33-24(29-25)30-34-14-31)17-5-3-4-16(11-17)20-12-19(32-2)7-8-21(20)26/h3-12,14,23H,13H2,1-2H3,(H,29,30). The van der Waals surface area contributed by atoms with Crippen LogP contribution in [0, 0.1) is 12.7 Å². The van der Waals surface area contributed by atoms with Gasteiger partial charge in [-0.05, 0) is 65.6 Å². The SMILES string of the molecule is COc1ccc(F)c(-c2cccc(C3(c4ccc(OC(F)F)c(C)c4)COC(NOC=O)=N3)c2)c1. The van der Waals surface area contributed by atoms with Crippen LogP contribution in [0.1, 0.15) is 16.7 Å². The lowest BCUT2D eigenvalue weighted by molar-refractivity contribution is -0.132. The highest BCUT2D eigenvalue weighted by atomic mass is 19.3. The zero-order valence-electron chi connectivity index (χ0n) is 18.8. The number of alkyl halides is 2. The summed E-state index contributed by atoms with van der Waals surface area (Å²) in [5.74, 6) is 0.0809. The predicted octanol–water partition coefficient (Wildman–Crippen LogP) is 4.72. The second-order valence-corrected chi connectivity index (χ2v) is 7.67. The lowest BCUT2D eigenvalue weighted by Crippen LogP contribution is -2.27. The number of hydrogen-bond acceptors (Lipinski definition) is 7. The number of aliphatic imine (C=N–C) groups is 1. The first-order valence-corrected chi connectivity index (χ1v) is 10.4. The molecule has 1 aliphatic rings. The number of rotatable bonds is 8. The molecule has 1 atom stereocenters. The van der Waals surface area contributed by atoms with Crippen LogP contribution in [0.3, 0.4) is 0 Å². The minimum atomic E-state index is -2.97. The maximum absolute atomic E-state index is 14.7. The van der Waals surface area contributed by atoms with Gasteiger partial charge in [-0.3, -0.25) is 4.79 Å². The first-order valence-electron chi connectivity index (χ1n) is 10.4. The van der Waals surface area contributed by atoms with E-state index in [1.165, 1.54) is 25.3 Å². The summed E-state index contributed by atoms with van der Waals surface area (Å²) in [6.07, 6.45) is 0. The van der Waals surface area contributed by atoms with E-state index >= 15 is 0 Å². The Labute approximate surface area is 199 Å². The van der Waals surface area contributed by atoms with Crippen molar-refractivity contribution < 1.29 is 37.0 Å². The van der Waals surface area contributed by atoms with Gasteiger partial charge in [0.05, 0.1) is 7.11 Å². The molecule has 0 aliphatic carbocycles. The highest BCUT2D eigenvalue weighted by Gasteiger charge is 2.41. The van der Waals surface area contributed by atoms with Gasteiger partial charge in [-0.2, -0.15) is 14.3 Å². The lowest BCUT2D eigenvalue weighted by Gasteiger charge is -2.26. The number of amidine groups is 1. The topological polar surface area (TPSA) is 78.4 Å². The van der Waals surface area contributed by atoms with Gasteiger partial charge in [-0.25, -0.2) is 9.38 Å². The largest absolute Gasteiger partial charge is 0.497 e. The molecule has 0 saturated carbocycles. The van der Waals surface area contributed by atoms with Gasteiger partial charge in [0, 0.05) is 5.56 Å². The molecule has 0 spiro atoms. The number of nitrogens with zero attached hydrogens (tertiary/aromatic N) is 1. The average molecular weight is 486 g/mol. The molecular formula is C25H21F3N2O5. The van der Waals surface area contributed by atoms with Crippen LogP contribution in [0.4, 0.5) is 13.2 Å². The summed E-state index contributed by atoms with van der Waals surface area (Å²) in [5.41, 5.74) is 3.72. The monoisotopic (exact) mass is 486 g/mol. The number of aryl methyl sites for hydroxylation is 1. The lowest BCUT2D eigenvalue weighted by atomic mass is 9.82. The van der Waals surface area contributed by atoms with E-state index in [0.29, 0.717) is 33.6 Å². The Morgan fingerprint density at radius 3 is 2.63 bits per heavy atom. The Kier molecular flexibility index (Phi) is 6.81. The zero-order valence-corrected chi connectivity index (χ0v) is 18.8. The van der Waals surface area contributed by atoms with Crippen molar-refractivity contribution in [2.24, 2.45) is 4.99 Å². The van der Waals surface area contributed by atoms with Gasteiger partial charge in [-0.15, -0.1) is 0 Å². The Balaban J connectivity index is 1.84. The number of benzene rings is 3. The molecule has 10 heteroatoms. The van der Waals surface area contributed by atoms with Gasteiger partial charge in [0.15, 0.2) is 5.54 Å². The summed E-state index contributed by atoms with van der Waals surface area (Å²) in [6.45, 7) is -1.16. The van der Waals surface area contributed by atoms with Crippen molar-refractivity contribution in [3.63, 3.8) is 0 Å². The average Bonchev–Trinajstić information content (AvgIpc) is 3.29. The van der Waals surface area contributed by atoms with Crippen molar-refractivity contribution in [2.75, 3.05) is 13.7 Å². The van der Waals surface area contributed by atoms with E-state index in [-0.39, 0.29) is 24.9 Å². The van der Waals surface area contributed by atoms with E-state index in [9.17, 15) is 18.0 Å². The van der Waals surface area contributed by atoms with Gasteiger partial charge in [-0.1, -0.05) is 24.3 Å². The summed E-state index contributed by atoms with van der Waals surface area (Å²) in [6, 6.07) is 16.1. The number of hydroxylamine groups is 1. The highest BCUT2D eigenvalue weighted by molar-refractivity contribution is 5.77. The molecule has 0 radical (unpaired) electrons. The van der Waals surface area contributed by atoms with Crippen LogP contribution in [-0.4, -0.2) is 32.8 Å². The molecule has 1 unspecified atom stereocenters. The van der Waals surface area contributed by atoms with Gasteiger partial charge >= 0.3 is 19.1 Å². The molecule has 35 heavy (non-hydrogen) atoms. The summed E-state index contributed by atoms with van der Waals surface area (Å²) in [7, 11) is 1.49. The van der Waals surface area contributed by atoms with E-state index in [1.54, 1.807) is 49.4 Å². The number of halogens is 3. The van der Waals surface area contributed by atoms with Gasteiger partial charge in [0.25, 0.3) is 0 Å². The summed E-state index contributed by atoms with van der Waals surface area (Å²) in [4.78, 5) is 19.8. The molecule has 182 valence electrons. The van der Waals surface area contributed by atoms with Crippen LogP contribution in [0.2, 0.25) is 0 Å². The summed E-state index contributed by atoms with van der Waals surface area (Å²) < 4.78 is 55.6. The Morgan fingerprint density at radius 1 is 1.11 bits per heavy atom. The Hall–Kier alpha value is -4.21. The van der Waals surface area contributed by atoms with Crippen LogP contribution >= 0.6 is 0 Å². The maximum Gasteiger partial charge on any atom is 0.387 e. The summed E-state index contributed by atoms with van der Waals surface area (Å²) >= 11 is 0. The molecule has 4 rings (SSSR count). The normalized spacial score (nSPS) is 16.9. The molecule has 1 aliphatic heterocycles. The van der Waals surface area contributed by atoms with Crippen molar-refractivity contribution in [1.29, 1.82) is 0 Å². The maximum atomic E-state index is 14.7. The minimum absolute atomic E-state index is 0.00388. The molecule has 0 amide bonds. The quantitative estimate of drug-likeness (QED) is 0.367. The molecule has 0 fully saturated rings. The van der Waals surface area contributed by atoms with E-state index in [4.69, 9.17) is 9.47 Å². The second-order valence-electron chi connectivity index (χ2n) is 7.67. The zero-order chi connectivity index (χ0) is 25.0. The van der Waals surface area contributed by atoms with Crippen molar-refractivity contribution in [1.82, 2.24) is 5.48 Å². The third-order valence-electron chi connectivity index (χ3n) is 5.60. The highest BCUT2D eigenvalue weighted by Crippen LogP contribution is 2.41. The fraction of sp³-hybridized carbons (Fsp3) is 0.200. The van der Waals surface area contributed by atoms with Gasteiger partial charge in [0.2, 0.25) is 0 Å². The first-order chi connectivity index (χ1) is 16.9. The molecule has 0 aromatic heterocycles. The van der Waals surface area contributed by atoms with Crippen LogP contribution < -0.4 is 15.0 Å². The number of methoxy groups -OCH3 is 1. The second kappa shape index (κ2) is 9.96. The van der Waals surface area contributed by atoms with E-state index in [1.807, 2.05) is 0 Å². The van der Waals surface area contributed by atoms with Crippen LogP contribution in [0.5, 0.6) is 11.5 Å². The van der Waals surface area contributed by atoms with Crippen molar-refractivity contribution in [3.8, 4) is 22.6 Å². The van der Waals surface area contributed by atoms with E-state index in [0.717, 1.165) is 0 Å². The fourth-order valence-corrected chi connectivity index (χ4v) is 3.93. The Bertz CT molecular complexity index is 1270. The van der Waals surface area contributed by atoms with Crippen LogP contribution in [-0.2, 0) is 19.9 Å². The third kappa shape index (κ3) is 4.86. The van der Waals surface area contributed by atoms with Gasteiger partial charge < -0.3 is 19.0 Å². The third-order valence-corrected chi connectivity index (χ3v) is 5.60. The smallest absolute Gasteiger partial charge is 0.387 e. The van der Waals surface area contributed by atoms with E-state index < -0.39 is 18.0 Å². The van der Waals surface area contributed by atoms with Gasteiger partial charge in [0.1, 0.15) is 23.9 Å². The van der Waals surface area contributed by atoms with Crippen molar-refractivity contribution in [3.05, 3.63) is 83.2 Å². The number of carbonyl (C=O) groups excluding carboxylic acids is 1. The number of hydrogen-bond donors (Lipinski definition) is 1. The predicted molar refractivity (Wildman–Crippen MR) is 121 cm³/mol. The number of ether oxygens (including phenoxy) is 3. The molecule has 3 aromatic rings. The molecular weight excluding hydrogens is 465 g/mol.